The van der Waals surface area contributed by atoms with E-state index in [1.807, 2.05) is 0 Å². The number of hydrogen-bond donors (Lipinski definition) is 2. The van der Waals surface area contributed by atoms with Crippen molar-refractivity contribution < 1.29 is 5.11 Å². The van der Waals surface area contributed by atoms with Crippen molar-refractivity contribution in [2.24, 2.45) is 23.0 Å². The minimum atomic E-state index is -0.116. The maximum absolute atomic E-state index is 10.3. The highest BCUT2D eigenvalue weighted by Crippen LogP contribution is 2.48. The van der Waals surface area contributed by atoms with Gasteiger partial charge < -0.3 is 10.8 Å². The summed E-state index contributed by atoms with van der Waals surface area (Å²) < 4.78 is 0. The van der Waals surface area contributed by atoms with Crippen LogP contribution < -0.4 is 5.73 Å². The largest absolute Gasteiger partial charge is 0.392 e. The molecule has 2 fully saturated rings. The van der Waals surface area contributed by atoms with E-state index in [2.05, 4.69) is 6.92 Å². The number of rotatable bonds is 3. The summed E-state index contributed by atoms with van der Waals surface area (Å²) in [4.78, 5) is 0. The van der Waals surface area contributed by atoms with Crippen molar-refractivity contribution in [2.45, 2.75) is 51.6 Å². The molecule has 2 nitrogen and oxygen atoms in total. The molecule has 3 unspecified atom stereocenters. The zero-order valence-electron chi connectivity index (χ0n) is 9.21. The van der Waals surface area contributed by atoms with Gasteiger partial charge in [0, 0.05) is 12.0 Å². The van der Waals surface area contributed by atoms with Gasteiger partial charge in [-0.05, 0) is 37.5 Å². The Kier molecular flexibility index (Phi) is 2.85. The summed E-state index contributed by atoms with van der Waals surface area (Å²) >= 11 is 0. The zero-order chi connectivity index (χ0) is 10.2. The Morgan fingerprint density at radius 2 is 2.14 bits per heavy atom. The van der Waals surface area contributed by atoms with E-state index in [0.29, 0.717) is 12.5 Å². The summed E-state index contributed by atoms with van der Waals surface area (Å²) in [6.07, 6.45) is 7.18. The van der Waals surface area contributed by atoms with Gasteiger partial charge in [0.15, 0.2) is 0 Å². The molecule has 0 heterocycles. The van der Waals surface area contributed by atoms with Crippen LogP contribution in [0, 0.1) is 17.3 Å². The lowest BCUT2D eigenvalue weighted by molar-refractivity contribution is -0.0246. The predicted molar refractivity (Wildman–Crippen MR) is 57.9 cm³/mol. The van der Waals surface area contributed by atoms with Gasteiger partial charge in [0.05, 0.1) is 6.10 Å². The number of aliphatic hydroxyl groups is 1. The van der Waals surface area contributed by atoms with Crippen molar-refractivity contribution >= 4 is 0 Å². The van der Waals surface area contributed by atoms with E-state index in [-0.39, 0.29) is 11.5 Å². The average Bonchev–Trinajstić information content (AvgIpc) is 3.00. The molecule has 0 aromatic heterocycles. The summed E-state index contributed by atoms with van der Waals surface area (Å²) in [5.41, 5.74) is 5.98. The molecule has 2 heteroatoms. The first-order chi connectivity index (χ1) is 6.68. The molecular formula is C12H23NO. The van der Waals surface area contributed by atoms with Gasteiger partial charge in [-0.1, -0.05) is 19.8 Å². The summed E-state index contributed by atoms with van der Waals surface area (Å²) in [7, 11) is 0. The van der Waals surface area contributed by atoms with Crippen molar-refractivity contribution in [1.82, 2.24) is 0 Å². The molecule has 0 spiro atoms. The van der Waals surface area contributed by atoms with E-state index in [1.165, 1.54) is 25.7 Å². The lowest BCUT2D eigenvalue weighted by atomic mass is 9.66. The van der Waals surface area contributed by atoms with E-state index in [9.17, 15) is 5.11 Å². The van der Waals surface area contributed by atoms with E-state index in [0.717, 1.165) is 18.8 Å². The van der Waals surface area contributed by atoms with Crippen LogP contribution >= 0.6 is 0 Å². The second-order valence-electron chi connectivity index (χ2n) is 5.55. The van der Waals surface area contributed by atoms with Crippen molar-refractivity contribution in [1.29, 1.82) is 0 Å². The van der Waals surface area contributed by atoms with Crippen LogP contribution in [0.25, 0.3) is 0 Å². The fourth-order valence-corrected chi connectivity index (χ4v) is 3.19. The van der Waals surface area contributed by atoms with Gasteiger partial charge in [0.25, 0.3) is 0 Å². The normalized spacial score (nSPS) is 40.9. The van der Waals surface area contributed by atoms with Gasteiger partial charge in [-0.15, -0.1) is 0 Å². The Bertz CT molecular complexity index is 202. The minimum Gasteiger partial charge on any atom is -0.392 e. The summed E-state index contributed by atoms with van der Waals surface area (Å²) in [5, 5.41) is 10.3. The fraction of sp³-hybridized carbons (Fsp3) is 1.00. The summed E-state index contributed by atoms with van der Waals surface area (Å²) in [6.45, 7) is 2.97. The maximum Gasteiger partial charge on any atom is 0.0636 e. The van der Waals surface area contributed by atoms with Crippen LogP contribution in [0.3, 0.4) is 0 Å². The van der Waals surface area contributed by atoms with Gasteiger partial charge >= 0.3 is 0 Å². The molecule has 0 radical (unpaired) electrons. The Morgan fingerprint density at radius 3 is 2.64 bits per heavy atom. The second kappa shape index (κ2) is 3.82. The molecule has 2 aliphatic rings. The summed E-state index contributed by atoms with van der Waals surface area (Å²) in [6, 6.07) is 0. The molecule has 0 aliphatic heterocycles. The van der Waals surface area contributed by atoms with Crippen LogP contribution in [0.15, 0.2) is 0 Å². The molecule has 2 rings (SSSR count). The standard InChI is InChI=1S/C12H23NO/c1-9-3-2-6-12(7-9,8-13)11(14)10-4-5-10/h9-11,14H,2-8,13H2,1H3. The monoisotopic (exact) mass is 197 g/mol. The lowest BCUT2D eigenvalue weighted by Crippen LogP contribution is -2.46. The SMILES string of the molecule is CC1CCCC(CN)(C(O)C2CC2)C1. The Hall–Kier alpha value is -0.0800. The first kappa shape index (κ1) is 10.4. The van der Waals surface area contributed by atoms with Crippen LogP contribution in [0.5, 0.6) is 0 Å². The number of aliphatic hydroxyl groups excluding tert-OH is 1. The third kappa shape index (κ3) is 1.82. The first-order valence-corrected chi connectivity index (χ1v) is 6.06. The molecule has 3 atom stereocenters. The number of nitrogens with two attached hydrogens (primary N) is 1. The molecule has 0 bridgehead atoms. The Balaban J connectivity index is 2.06. The van der Waals surface area contributed by atoms with Gasteiger partial charge in [-0.3, -0.25) is 0 Å². The van der Waals surface area contributed by atoms with Crippen LogP contribution in [-0.2, 0) is 0 Å². The van der Waals surface area contributed by atoms with E-state index < -0.39 is 0 Å². The van der Waals surface area contributed by atoms with Crippen molar-refractivity contribution in [3.8, 4) is 0 Å². The predicted octanol–water partition coefficient (Wildman–Crippen LogP) is 1.91. The quantitative estimate of drug-likeness (QED) is 0.726. The molecule has 0 aromatic rings. The van der Waals surface area contributed by atoms with Crippen molar-refractivity contribution in [2.75, 3.05) is 6.54 Å². The second-order valence-corrected chi connectivity index (χ2v) is 5.55. The molecule has 0 saturated heterocycles. The fourth-order valence-electron chi connectivity index (χ4n) is 3.19. The molecule has 2 aliphatic carbocycles. The minimum absolute atomic E-state index is 0.0683. The smallest absolute Gasteiger partial charge is 0.0636 e. The summed E-state index contributed by atoms with van der Waals surface area (Å²) in [5.74, 6) is 1.32. The van der Waals surface area contributed by atoms with E-state index in [4.69, 9.17) is 5.73 Å². The molecule has 82 valence electrons. The van der Waals surface area contributed by atoms with E-state index >= 15 is 0 Å². The highest BCUT2D eigenvalue weighted by Gasteiger charge is 2.46. The first-order valence-electron chi connectivity index (χ1n) is 6.06. The highest BCUT2D eigenvalue weighted by molar-refractivity contribution is 4.98. The van der Waals surface area contributed by atoms with Crippen LogP contribution in [0.1, 0.15) is 45.4 Å². The molecular weight excluding hydrogens is 174 g/mol. The molecule has 3 N–H and O–H groups in total. The van der Waals surface area contributed by atoms with Gasteiger partial charge in [-0.25, -0.2) is 0 Å². The molecule has 2 saturated carbocycles. The van der Waals surface area contributed by atoms with Crippen LogP contribution in [-0.4, -0.2) is 17.8 Å². The van der Waals surface area contributed by atoms with Gasteiger partial charge in [0.2, 0.25) is 0 Å². The van der Waals surface area contributed by atoms with Crippen LogP contribution in [0.2, 0.25) is 0 Å². The number of hydrogen-bond acceptors (Lipinski definition) is 2. The van der Waals surface area contributed by atoms with Crippen LogP contribution in [0.4, 0.5) is 0 Å². The average molecular weight is 197 g/mol. The molecule has 0 aromatic carbocycles. The van der Waals surface area contributed by atoms with Crippen molar-refractivity contribution in [3.05, 3.63) is 0 Å². The third-order valence-corrected chi connectivity index (χ3v) is 4.23. The molecule has 0 amide bonds. The Morgan fingerprint density at radius 1 is 1.43 bits per heavy atom. The highest BCUT2D eigenvalue weighted by atomic mass is 16.3. The van der Waals surface area contributed by atoms with E-state index in [1.54, 1.807) is 0 Å². The van der Waals surface area contributed by atoms with Gasteiger partial charge in [0.1, 0.15) is 0 Å². The van der Waals surface area contributed by atoms with Crippen molar-refractivity contribution in [3.63, 3.8) is 0 Å². The van der Waals surface area contributed by atoms with Gasteiger partial charge in [-0.2, -0.15) is 0 Å². The topological polar surface area (TPSA) is 46.2 Å². The lowest BCUT2D eigenvalue weighted by Gasteiger charge is -2.43. The molecule has 14 heavy (non-hydrogen) atoms. The Labute approximate surface area is 86.9 Å². The zero-order valence-corrected chi connectivity index (χ0v) is 9.21. The third-order valence-electron chi connectivity index (χ3n) is 4.23. The maximum atomic E-state index is 10.3.